The van der Waals surface area contributed by atoms with Crippen molar-refractivity contribution in [2.75, 3.05) is 0 Å². The van der Waals surface area contributed by atoms with E-state index in [0.717, 1.165) is 16.0 Å². The highest BCUT2D eigenvalue weighted by Gasteiger charge is 2.25. The quantitative estimate of drug-likeness (QED) is 0.521. The third kappa shape index (κ3) is 4.29. The van der Waals surface area contributed by atoms with E-state index in [0.29, 0.717) is 16.5 Å². The van der Waals surface area contributed by atoms with Gasteiger partial charge in [-0.1, -0.05) is 66.7 Å². The van der Waals surface area contributed by atoms with Crippen molar-refractivity contribution in [1.29, 1.82) is 5.26 Å². The maximum absolute atomic E-state index is 12.3. The molecule has 7 heteroatoms. The van der Waals surface area contributed by atoms with Gasteiger partial charge >= 0.3 is 10.1 Å². The Morgan fingerprint density at radius 1 is 1.21 bits per heavy atom. The number of rotatable bonds is 4. The maximum atomic E-state index is 12.3. The second-order valence-corrected chi connectivity index (χ2v) is 9.30. The van der Waals surface area contributed by atoms with Gasteiger partial charge in [-0.15, -0.1) is 0 Å². The Bertz CT molecular complexity index is 1070. The van der Waals surface area contributed by atoms with Crippen LogP contribution < -0.4 is 0 Å². The van der Waals surface area contributed by atoms with Gasteiger partial charge in [0.05, 0.1) is 5.57 Å². The zero-order valence-corrected chi connectivity index (χ0v) is 17.4. The Hall–Kier alpha value is -2.56. The van der Waals surface area contributed by atoms with Gasteiger partial charge in [-0.25, -0.2) is 0 Å². The minimum absolute atomic E-state index is 0.0462. The highest BCUT2D eigenvalue weighted by Crippen LogP contribution is 2.38. The summed E-state index contributed by atoms with van der Waals surface area (Å²) in [7, 11) is -3.98. The number of allylic oxidation sites excluding steroid dienone is 6. The molecular weight excluding hydrogens is 392 g/mol. The predicted molar refractivity (Wildman–Crippen MR) is 112 cm³/mol. The van der Waals surface area contributed by atoms with Crippen LogP contribution in [0.15, 0.2) is 80.7 Å². The standard InChI is InChI=1S/C21H20N2O3S2/c1-14-7-9-17(10-8-14)28(24,25)26-23-21-12-11-20(27-21)19(13-22)18-6-4-5-15(2)16(18)3/h4-12,15-16H,1-3H3. The molecule has 5 nitrogen and oxygen atoms in total. The Morgan fingerprint density at radius 3 is 2.61 bits per heavy atom. The maximum Gasteiger partial charge on any atom is 0.358 e. The number of thioether (sulfide) groups is 1. The van der Waals surface area contributed by atoms with Crippen LogP contribution in [0, 0.1) is 30.1 Å². The molecule has 2 unspecified atom stereocenters. The lowest BCUT2D eigenvalue weighted by atomic mass is 9.81. The van der Waals surface area contributed by atoms with Crippen molar-refractivity contribution >= 4 is 26.9 Å². The van der Waals surface area contributed by atoms with E-state index in [9.17, 15) is 13.7 Å². The van der Waals surface area contributed by atoms with Crippen LogP contribution in [0.1, 0.15) is 19.4 Å². The zero-order valence-electron chi connectivity index (χ0n) is 15.8. The number of oxime groups is 1. The topological polar surface area (TPSA) is 79.5 Å². The van der Waals surface area contributed by atoms with Crippen LogP contribution in [-0.4, -0.2) is 13.5 Å². The third-order valence-electron chi connectivity index (χ3n) is 4.74. The fraction of sp³-hybridized carbons (Fsp3) is 0.238. The molecule has 0 aromatic heterocycles. The van der Waals surface area contributed by atoms with Crippen molar-refractivity contribution in [2.45, 2.75) is 25.7 Å². The van der Waals surface area contributed by atoms with Crippen molar-refractivity contribution in [3.8, 4) is 6.07 Å². The molecule has 0 fully saturated rings. The van der Waals surface area contributed by atoms with Crippen molar-refractivity contribution < 1.29 is 12.7 Å². The summed E-state index contributed by atoms with van der Waals surface area (Å²) in [5.74, 6) is 0.566. The average Bonchev–Trinajstić information content (AvgIpc) is 3.13. The molecule has 28 heavy (non-hydrogen) atoms. The molecule has 2 aliphatic rings. The summed E-state index contributed by atoms with van der Waals surface area (Å²) in [5, 5.41) is 13.8. The lowest BCUT2D eigenvalue weighted by Gasteiger charge is -2.23. The molecule has 0 saturated carbocycles. The van der Waals surface area contributed by atoms with E-state index in [4.69, 9.17) is 4.28 Å². The van der Waals surface area contributed by atoms with E-state index in [2.05, 4.69) is 31.1 Å². The van der Waals surface area contributed by atoms with Crippen LogP contribution in [0.3, 0.4) is 0 Å². The highest BCUT2D eigenvalue weighted by molar-refractivity contribution is 8.18. The number of nitriles is 1. The predicted octanol–water partition coefficient (Wildman–Crippen LogP) is 4.86. The molecule has 1 aliphatic carbocycles. The molecule has 2 atom stereocenters. The second-order valence-electron chi connectivity index (χ2n) is 6.71. The first-order chi connectivity index (χ1) is 13.3. The zero-order chi connectivity index (χ0) is 20.3. The Balaban J connectivity index is 1.79. The number of benzene rings is 1. The fourth-order valence-corrected chi connectivity index (χ4v) is 4.47. The first kappa shape index (κ1) is 20.2. The van der Waals surface area contributed by atoms with Crippen LogP contribution in [0.5, 0.6) is 0 Å². The third-order valence-corrected chi connectivity index (χ3v) is 6.84. The fourth-order valence-electron chi connectivity index (χ4n) is 2.85. The van der Waals surface area contributed by atoms with Crippen LogP contribution >= 0.6 is 11.8 Å². The summed E-state index contributed by atoms with van der Waals surface area (Å²) < 4.78 is 29.4. The summed E-state index contributed by atoms with van der Waals surface area (Å²) in [6.45, 7) is 6.08. The van der Waals surface area contributed by atoms with Gasteiger partial charge in [-0.2, -0.15) is 13.7 Å². The summed E-state index contributed by atoms with van der Waals surface area (Å²) in [5.41, 5.74) is 2.50. The molecular formula is C21H20N2O3S2. The molecule has 0 amide bonds. The Kier molecular flexibility index (Phi) is 5.92. The van der Waals surface area contributed by atoms with Gasteiger partial charge in [-0.05, 0) is 48.6 Å². The van der Waals surface area contributed by atoms with Crippen LogP contribution in [0.25, 0.3) is 0 Å². The molecule has 144 valence electrons. The molecule has 0 N–H and O–H groups in total. The number of hydrogen-bond acceptors (Lipinski definition) is 6. The van der Waals surface area contributed by atoms with E-state index in [-0.39, 0.29) is 10.8 Å². The van der Waals surface area contributed by atoms with Crippen molar-refractivity contribution in [3.05, 3.63) is 76.3 Å². The molecule has 0 spiro atoms. The van der Waals surface area contributed by atoms with Gasteiger partial charge in [0.15, 0.2) is 0 Å². The highest BCUT2D eigenvalue weighted by atomic mass is 32.2. The van der Waals surface area contributed by atoms with Gasteiger partial charge in [-0.3, -0.25) is 4.28 Å². The summed E-state index contributed by atoms with van der Waals surface area (Å²) in [6, 6.07) is 8.63. The Labute approximate surface area is 169 Å². The molecule has 1 aromatic rings. The number of hydrogen-bond donors (Lipinski definition) is 0. The number of nitrogens with zero attached hydrogens (tertiary/aromatic N) is 2. The van der Waals surface area contributed by atoms with Gasteiger partial charge in [0, 0.05) is 4.91 Å². The first-order valence-electron chi connectivity index (χ1n) is 8.79. The second kappa shape index (κ2) is 8.21. The van der Waals surface area contributed by atoms with Gasteiger partial charge < -0.3 is 0 Å². The SMILES string of the molecule is Cc1ccc(S(=O)(=O)ON=C2C=CC(=C(C#N)C3=CC=CC(C)C3C)S2)cc1. The van der Waals surface area contributed by atoms with Crippen LogP contribution in [-0.2, 0) is 14.4 Å². The number of aryl methyl sites for hydroxylation is 1. The molecule has 1 aromatic carbocycles. The van der Waals surface area contributed by atoms with Gasteiger partial charge in [0.2, 0.25) is 0 Å². The summed E-state index contributed by atoms with van der Waals surface area (Å²) in [6.07, 6.45) is 9.45. The smallest absolute Gasteiger partial charge is 0.264 e. The molecule has 1 heterocycles. The van der Waals surface area contributed by atoms with E-state index in [1.807, 2.05) is 19.1 Å². The minimum atomic E-state index is -3.98. The van der Waals surface area contributed by atoms with E-state index < -0.39 is 10.1 Å². The lowest BCUT2D eigenvalue weighted by Crippen LogP contribution is -2.13. The largest absolute Gasteiger partial charge is 0.358 e. The normalized spacial score (nSPS) is 24.8. The lowest BCUT2D eigenvalue weighted by molar-refractivity contribution is 0.340. The van der Waals surface area contributed by atoms with Gasteiger partial charge in [0.25, 0.3) is 0 Å². The van der Waals surface area contributed by atoms with Crippen molar-refractivity contribution in [2.24, 2.45) is 17.0 Å². The van der Waals surface area contributed by atoms with Gasteiger partial charge in [0.1, 0.15) is 16.0 Å². The van der Waals surface area contributed by atoms with Crippen LogP contribution in [0.4, 0.5) is 0 Å². The van der Waals surface area contributed by atoms with E-state index in [1.165, 1.54) is 23.9 Å². The van der Waals surface area contributed by atoms with Crippen molar-refractivity contribution in [3.63, 3.8) is 0 Å². The molecule has 0 saturated heterocycles. The van der Waals surface area contributed by atoms with E-state index in [1.54, 1.807) is 24.3 Å². The van der Waals surface area contributed by atoms with Crippen molar-refractivity contribution in [1.82, 2.24) is 0 Å². The monoisotopic (exact) mass is 412 g/mol. The average molecular weight is 413 g/mol. The Morgan fingerprint density at radius 2 is 1.93 bits per heavy atom. The molecule has 3 rings (SSSR count). The summed E-state index contributed by atoms with van der Waals surface area (Å²) >= 11 is 1.22. The molecule has 1 aliphatic heterocycles. The van der Waals surface area contributed by atoms with E-state index >= 15 is 0 Å². The molecule has 0 bridgehead atoms. The van der Waals surface area contributed by atoms with Crippen LogP contribution in [0.2, 0.25) is 0 Å². The first-order valence-corrected chi connectivity index (χ1v) is 11.0. The molecule has 0 radical (unpaired) electrons. The minimum Gasteiger partial charge on any atom is -0.264 e. The summed E-state index contributed by atoms with van der Waals surface area (Å²) in [4.78, 5) is 0.781.